The van der Waals surface area contributed by atoms with Crippen LogP contribution in [0.15, 0.2) is 4.99 Å². The van der Waals surface area contributed by atoms with Crippen LogP contribution in [0.3, 0.4) is 0 Å². The minimum Gasteiger partial charge on any atom is -0.288 e. The highest BCUT2D eigenvalue weighted by molar-refractivity contribution is 6.43. The van der Waals surface area contributed by atoms with E-state index >= 15 is 0 Å². The number of ketones is 1. The highest BCUT2D eigenvalue weighted by atomic mass is 16.2. The van der Waals surface area contributed by atoms with Crippen molar-refractivity contribution in [2.45, 2.75) is 6.42 Å². The zero-order chi connectivity index (χ0) is 5.28. The summed E-state index contributed by atoms with van der Waals surface area (Å²) in [5.41, 5.74) is 0. The number of amides is 1. The van der Waals surface area contributed by atoms with E-state index in [4.69, 9.17) is 0 Å². The summed E-state index contributed by atoms with van der Waals surface area (Å²) in [5, 5.41) is 0. The van der Waals surface area contributed by atoms with Gasteiger partial charge in [0.2, 0.25) is 5.78 Å². The van der Waals surface area contributed by atoms with Crippen molar-refractivity contribution in [3.8, 4) is 0 Å². The SMILES string of the molecule is O=C1CC=NC1=O. The third-order valence-electron chi connectivity index (χ3n) is 0.724. The molecule has 7 heavy (non-hydrogen) atoms. The summed E-state index contributed by atoms with van der Waals surface area (Å²) < 4.78 is 0. The molecule has 0 aromatic heterocycles. The molecule has 1 aliphatic rings. The van der Waals surface area contributed by atoms with E-state index in [0.29, 0.717) is 0 Å². The van der Waals surface area contributed by atoms with Gasteiger partial charge in [-0.3, -0.25) is 9.59 Å². The number of hydrogen-bond donors (Lipinski definition) is 0. The van der Waals surface area contributed by atoms with Gasteiger partial charge in [0.1, 0.15) is 0 Å². The lowest BCUT2D eigenvalue weighted by Gasteiger charge is -1.71. The second-order valence-electron chi connectivity index (χ2n) is 1.24. The third-order valence-corrected chi connectivity index (χ3v) is 0.724. The molecule has 0 bridgehead atoms. The first-order chi connectivity index (χ1) is 3.30. The van der Waals surface area contributed by atoms with Crippen LogP contribution < -0.4 is 0 Å². The maximum absolute atomic E-state index is 10.1. The molecule has 0 aromatic rings. The summed E-state index contributed by atoms with van der Waals surface area (Å²) >= 11 is 0. The lowest BCUT2D eigenvalue weighted by molar-refractivity contribution is -0.134. The van der Waals surface area contributed by atoms with E-state index in [0.717, 1.165) is 0 Å². The van der Waals surface area contributed by atoms with Gasteiger partial charge in [-0.05, 0) is 0 Å². The molecule has 1 heterocycles. The largest absolute Gasteiger partial charge is 0.313 e. The molecule has 36 valence electrons. The first-order valence-electron chi connectivity index (χ1n) is 1.90. The number of aliphatic imine (C=N–C) groups is 1. The van der Waals surface area contributed by atoms with Gasteiger partial charge < -0.3 is 0 Å². The van der Waals surface area contributed by atoms with Crippen LogP contribution in [0.25, 0.3) is 0 Å². The zero-order valence-electron chi connectivity index (χ0n) is 3.55. The molecule has 0 N–H and O–H groups in total. The van der Waals surface area contributed by atoms with E-state index in [1.807, 2.05) is 0 Å². The average Bonchev–Trinajstić information content (AvgIpc) is 1.91. The molecule has 0 unspecified atom stereocenters. The van der Waals surface area contributed by atoms with Crippen LogP contribution in [0.5, 0.6) is 0 Å². The molecule has 0 spiro atoms. The second-order valence-corrected chi connectivity index (χ2v) is 1.24. The number of hydrogen-bond acceptors (Lipinski definition) is 2. The van der Waals surface area contributed by atoms with E-state index in [1.54, 1.807) is 0 Å². The van der Waals surface area contributed by atoms with Gasteiger partial charge in [-0.2, -0.15) is 0 Å². The highest BCUT2D eigenvalue weighted by Gasteiger charge is 2.14. The summed E-state index contributed by atoms with van der Waals surface area (Å²) in [6.07, 6.45) is 1.52. The minimum atomic E-state index is -0.611. The summed E-state index contributed by atoms with van der Waals surface area (Å²) in [6, 6.07) is 0. The lowest BCUT2D eigenvalue weighted by atomic mass is 10.3. The quantitative estimate of drug-likeness (QED) is 0.384. The van der Waals surface area contributed by atoms with E-state index in [2.05, 4.69) is 4.99 Å². The predicted molar refractivity (Wildman–Crippen MR) is 23.1 cm³/mol. The van der Waals surface area contributed by atoms with Crippen molar-refractivity contribution in [3.05, 3.63) is 0 Å². The van der Waals surface area contributed by atoms with Gasteiger partial charge in [-0.25, -0.2) is 4.99 Å². The maximum atomic E-state index is 10.1. The zero-order valence-corrected chi connectivity index (χ0v) is 3.55. The van der Waals surface area contributed by atoms with Crippen LogP contribution >= 0.6 is 0 Å². The van der Waals surface area contributed by atoms with Crippen molar-refractivity contribution in [2.24, 2.45) is 4.99 Å². The van der Waals surface area contributed by atoms with E-state index < -0.39 is 11.7 Å². The molecule has 0 saturated heterocycles. The van der Waals surface area contributed by atoms with E-state index in [1.165, 1.54) is 6.21 Å². The molecule has 0 radical (unpaired) electrons. The van der Waals surface area contributed by atoms with Crippen molar-refractivity contribution in [3.63, 3.8) is 0 Å². The number of carbonyl (C=O) groups excluding carboxylic acids is 2. The van der Waals surface area contributed by atoms with Gasteiger partial charge in [0.05, 0.1) is 6.42 Å². The average molecular weight is 97.1 g/mol. The molecule has 3 nitrogen and oxygen atoms in total. The Labute approximate surface area is 40.0 Å². The Kier molecular flexibility index (Phi) is 0.749. The summed E-state index contributed by atoms with van der Waals surface area (Å²) in [7, 11) is 0. The highest BCUT2D eigenvalue weighted by Crippen LogP contribution is 1.91. The predicted octanol–water partition coefficient (Wildman–Crippen LogP) is -0.443. The Morgan fingerprint density at radius 2 is 2.29 bits per heavy atom. The number of carbonyl (C=O) groups is 2. The maximum Gasteiger partial charge on any atom is 0.313 e. The van der Waals surface area contributed by atoms with Crippen LogP contribution in [0.2, 0.25) is 0 Å². The van der Waals surface area contributed by atoms with E-state index in [-0.39, 0.29) is 6.42 Å². The van der Waals surface area contributed by atoms with Crippen molar-refractivity contribution in [2.75, 3.05) is 0 Å². The smallest absolute Gasteiger partial charge is 0.288 e. The summed E-state index contributed by atoms with van der Waals surface area (Å²) in [6.45, 7) is 0. The molecule has 1 amide bonds. The molecular weight excluding hydrogens is 94.0 g/mol. The first kappa shape index (κ1) is 4.18. The monoisotopic (exact) mass is 97.0 g/mol. The van der Waals surface area contributed by atoms with Crippen molar-refractivity contribution < 1.29 is 9.59 Å². The van der Waals surface area contributed by atoms with Crippen molar-refractivity contribution >= 4 is 17.9 Å². The van der Waals surface area contributed by atoms with Crippen molar-refractivity contribution in [1.82, 2.24) is 0 Å². The molecule has 0 saturated carbocycles. The molecule has 0 aromatic carbocycles. The standard InChI is InChI=1S/C4H3NO2/c6-3-1-2-5-4(3)7/h2H,1H2. The van der Waals surface area contributed by atoms with Crippen LogP contribution in [0.1, 0.15) is 6.42 Å². The minimum absolute atomic E-state index is 0.193. The van der Waals surface area contributed by atoms with Gasteiger partial charge in [-0.1, -0.05) is 0 Å². The van der Waals surface area contributed by atoms with E-state index in [9.17, 15) is 9.59 Å². The molecule has 0 fully saturated rings. The third kappa shape index (κ3) is 0.559. The first-order valence-corrected chi connectivity index (χ1v) is 1.90. The van der Waals surface area contributed by atoms with Gasteiger partial charge in [0, 0.05) is 6.21 Å². The molecule has 1 aliphatic heterocycles. The molecule has 3 heteroatoms. The number of nitrogens with zero attached hydrogens (tertiary/aromatic N) is 1. The molecular formula is C4H3NO2. The Bertz CT molecular complexity index is 148. The van der Waals surface area contributed by atoms with Gasteiger partial charge in [0.15, 0.2) is 0 Å². The normalized spacial score (nSPS) is 18.9. The van der Waals surface area contributed by atoms with Crippen LogP contribution in [0.4, 0.5) is 0 Å². The van der Waals surface area contributed by atoms with Gasteiger partial charge in [-0.15, -0.1) is 0 Å². The lowest BCUT2D eigenvalue weighted by Crippen LogP contribution is -2.02. The Balaban J connectivity index is 2.81. The molecule has 0 aliphatic carbocycles. The molecule has 1 rings (SSSR count). The summed E-state index contributed by atoms with van der Waals surface area (Å²) in [4.78, 5) is 23.3. The fourth-order valence-electron chi connectivity index (χ4n) is 0.371. The van der Waals surface area contributed by atoms with Gasteiger partial charge >= 0.3 is 5.91 Å². The summed E-state index contributed by atoms with van der Waals surface area (Å²) in [5.74, 6) is -1.01. The van der Waals surface area contributed by atoms with Crippen molar-refractivity contribution in [1.29, 1.82) is 0 Å². The molecule has 0 atom stereocenters. The second kappa shape index (κ2) is 1.26. The van der Waals surface area contributed by atoms with Crippen LogP contribution in [-0.2, 0) is 9.59 Å². The van der Waals surface area contributed by atoms with Crippen LogP contribution in [-0.4, -0.2) is 17.9 Å². The number of rotatable bonds is 0. The topological polar surface area (TPSA) is 46.5 Å². The Morgan fingerprint density at radius 1 is 1.57 bits per heavy atom. The Morgan fingerprint density at radius 3 is 2.43 bits per heavy atom. The fourth-order valence-corrected chi connectivity index (χ4v) is 0.371. The number of Topliss-reactive ketones (excluding diaryl/α,β-unsaturated/α-hetero) is 1. The fraction of sp³-hybridized carbons (Fsp3) is 0.250. The van der Waals surface area contributed by atoms with Gasteiger partial charge in [0.25, 0.3) is 0 Å². The Hall–Kier alpha value is -0.990. The van der Waals surface area contributed by atoms with Crippen LogP contribution in [0, 0.1) is 0 Å².